The van der Waals surface area contributed by atoms with Gasteiger partial charge in [-0.2, -0.15) is 0 Å². The summed E-state index contributed by atoms with van der Waals surface area (Å²) < 4.78 is 5.15. The molecule has 96 valence electrons. The molecule has 5 nitrogen and oxygen atoms in total. The molecule has 0 aromatic rings. The second-order valence-electron chi connectivity index (χ2n) is 6.15. The van der Waals surface area contributed by atoms with E-state index < -0.39 is 23.1 Å². The molecule has 3 atom stereocenters. The van der Waals surface area contributed by atoms with Gasteiger partial charge in [-0.15, -0.1) is 0 Å². The van der Waals surface area contributed by atoms with Crippen molar-refractivity contribution >= 4 is 12.1 Å². The Balaban J connectivity index is 1.84. The van der Waals surface area contributed by atoms with E-state index in [0.717, 1.165) is 12.8 Å². The summed E-state index contributed by atoms with van der Waals surface area (Å²) in [4.78, 5) is 22.6. The zero-order valence-electron chi connectivity index (χ0n) is 10.4. The zero-order valence-corrected chi connectivity index (χ0v) is 10.4. The van der Waals surface area contributed by atoms with Crippen LogP contribution < -0.4 is 5.32 Å². The molecule has 2 saturated carbocycles. The van der Waals surface area contributed by atoms with Crippen LogP contribution in [0.5, 0.6) is 0 Å². The number of carboxylic acids is 1. The van der Waals surface area contributed by atoms with Crippen LogP contribution in [0.4, 0.5) is 4.79 Å². The van der Waals surface area contributed by atoms with Gasteiger partial charge in [0.15, 0.2) is 0 Å². The van der Waals surface area contributed by atoms with E-state index in [2.05, 4.69) is 5.32 Å². The first-order chi connectivity index (χ1) is 7.73. The summed E-state index contributed by atoms with van der Waals surface area (Å²) in [5.41, 5.74) is -1.07. The lowest BCUT2D eigenvalue weighted by atomic mass is 10.0. The third kappa shape index (κ3) is 2.37. The fourth-order valence-corrected chi connectivity index (χ4v) is 2.74. The smallest absolute Gasteiger partial charge is 0.407 e. The molecule has 17 heavy (non-hydrogen) atoms. The van der Waals surface area contributed by atoms with E-state index in [1.165, 1.54) is 0 Å². The fourth-order valence-electron chi connectivity index (χ4n) is 2.74. The fraction of sp³-hybridized carbons (Fsp3) is 0.833. The quantitative estimate of drug-likeness (QED) is 0.772. The average Bonchev–Trinajstić information content (AvgIpc) is 2.67. The van der Waals surface area contributed by atoms with Gasteiger partial charge in [0, 0.05) is 6.04 Å². The third-order valence-electron chi connectivity index (χ3n) is 3.56. The van der Waals surface area contributed by atoms with Crippen LogP contribution in [0.25, 0.3) is 0 Å². The Morgan fingerprint density at radius 3 is 2.47 bits per heavy atom. The average molecular weight is 241 g/mol. The van der Waals surface area contributed by atoms with Gasteiger partial charge in [-0.1, -0.05) is 0 Å². The Bertz CT molecular complexity index is 360. The number of carbonyl (C=O) groups excluding carboxylic acids is 1. The summed E-state index contributed by atoms with van der Waals surface area (Å²) >= 11 is 0. The van der Waals surface area contributed by atoms with Gasteiger partial charge in [0.05, 0.1) is 5.41 Å². The second kappa shape index (κ2) is 3.62. The van der Waals surface area contributed by atoms with E-state index in [0.29, 0.717) is 6.42 Å². The SMILES string of the molecule is CC(C)(C)OC(=O)N[C@@H]1C[C@H]2C[C@@]2(C(=O)O)C1. The van der Waals surface area contributed by atoms with Crippen molar-refractivity contribution < 1.29 is 19.4 Å². The second-order valence-corrected chi connectivity index (χ2v) is 6.15. The molecular weight excluding hydrogens is 222 g/mol. The standard InChI is InChI=1S/C12H19NO4/c1-11(2,3)17-10(16)13-8-4-7-5-12(7,6-8)9(14)15/h7-8H,4-6H2,1-3H3,(H,13,16)(H,14,15)/t7-,8+,12+/m0/s1. The molecule has 0 unspecified atom stereocenters. The van der Waals surface area contributed by atoms with E-state index in [9.17, 15) is 9.59 Å². The number of amides is 1. The number of hydrogen-bond donors (Lipinski definition) is 2. The van der Waals surface area contributed by atoms with Crippen molar-refractivity contribution in [3.8, 4) is 0 Å². The van der Waals surface area contributed by atoms with E-state index in [4.69, 9.17) is 9.84 Å². The van der Waals surface area contributed by atoms with Crippen molar-refractivity contribution in [2.45, 2.75) is 51.7 Å². The van der Waals surface area contributed by atoms with E-state index in [1.54, 1.807) is 20.8 Å². The van der Waals surface area contributed by atoms with Gasteiger partial charge in [0.25, 0.3) is 0 Å². The lowest BCUT2D eigenvalue weighted by molar-refractivity contribution is -0.143. The minimum Gasteiger partial charge on any atom is -0.481 e. The number of rotatable bonds is 2. The highest BCUT2D eigenvalue weighted by Crippen LogP contribution is 2.63. The van der Waals surface area contributed by atoms with Crippen LogP contribution in [0.1, 0.15) is 40.0 Å². The minimum absolute atomic E-state index is 0.0558. The van der Waals surface area contributed by atoms with Gasteiger partial charge in [-0.3, -0.25) is 4.79 Å². The molecule has 1 amide bonds. The Morgan fingerprint density at radius 2 is 2.00 bits per heavy atom. The maximum absolute atomic E-state index is 11.5. The van der Waals surface area contributed by atoms with Crippen molar-refractivity contribution in [3.63, 3.8) is 0 Å². The molecule has 0 heterocycles. The van der Waals surface area contributed by atoms with Gasteiger partial charge in [0.1, 0.15) is 5.60 Å². The summed E-state index contributed by atoms with van der Waals surface area (Å²) in [6.45, 7) is 5.41. The van der Waals surface area contributed by atoms with Crippen LogP contribution in [0.2, 0.25) is 0 Å². The van der Waals surface area contributed by atoms with Crippen molar-refractivity contribution in [1.82, 2.24) is 5.32 Å². The molecule has 0 aromatic carbocycles. The zero-order chi connectivity index (χ0) is 12.8. The van der Waals surface area contributed by atoms with Gasteiger partial charge >= 0.3 is 12.1 Å². The molecule has 5 heteroatoms. The molecule has 0 spiro atoms. The highest BCUT2D eigenvalue weighted by molar-refractivity contribution is 5.79. The van der Waals surface area contributed by atoms with Gasteiger partial charge < -0.3 is 15.2 Å². The minimum atomic E-state index is -0.726. The van der Waals surface area contributed by atoms with E-state index in [-0.39, 0.29) is 12.0 Å². The Morgan fingerprint density at radius 1 is 1.35 bits per heavy atom. The number of nitrogens with one attached hydrogen (secondary N) is 1. The van der Waals surface area contributed by atoms with Crippen molar-refractivity contribution in [3.05, 3.63) is 0 Å². The first kappa shape index (κ1) is 12.2. The van der Waals surface area contributed by atoms with Crippen molar-refractivity contribution in [2.75, 3.05) is 0 Å². The first-order valence-electron chi connectivity index (χ1n) is 5.96. The number of alkyl carbamates (subject to hydrolysis) is 1. The highest BCUT2D eigenvalue weighted by atomic mass is 16.6. The maximum Gasteiger partial charge on any atom is 0.407 e. The topological polar surface area (TPSA) is 75.6 Å². The summed E-state index contributed by atoms with van der Waals surface area (Å²) in [7, 11) is 0. The predicted molar refractivity (Wildman–Crippen MR) is 60.6 cm³/mol. The number of carboxylic acid groups (broad SMARTS) is 1. The molecule has 2 aliphatic carbocycles. The number of carbonyl (C=O) groups is 2. The number of fused-ring (bicyclic) bond motifs is 1. The molecular formula is C12H19NO4. The van der Waals surface area contributed by atoms with Gasteiger partial charge in [0.2, 0.25) is 0 Å². The molecule has 0 bridgehead atoms. The number of aliphatic carboxylic acids is 1. The van der Waals surface area contributed by atoms with Crippen LogP contribution in [0.3, 0.4) is 0 Å². The monoisotopic (exact) mass is 241 g/mol. The van der Waals surface area contributed by atoms with Crippen LogP contribution in [-0.4, -0.2) is 28.8 Å². The first-order valence-corrected chi connectivity index (χ1v) is 5.96. The predicted octanol–water partition coefficient (Wildman–Crippen LogP) is 1.76. The lowest BCUT2D eigenvalue weighted by Crippen LogP contribution is -2.39. The molecule has 0 saturated heterocycles. The summed E-state index contributed by atoms with van der Waals surface area (Å²) in [6.07, 6.45) is 1.59. The molecule has 2 fully saturated rings. The van der Waals surface area contributed by atoms with Crippen molar-refractivity contribution in [1.29, 1.82) is 0 Å². The summed E-state index contributed by atoms with van der Waals surface area (Å²) in [5.74, 6) is -0.490. The third-order valence-corrected chi connectivity index (χ3v) is 3.56. The maximum atomic E-state index is 11.5. The molecule has 2 N–H and O–H groups in total. The summed E-state index contributed by atoms with van der Waals surface area (Å²) in [6, 6.07) is -0.0558. The highest BCUT2D eigenvalue weighted by Gasteiger charge is 2.65. The van der Waals surface area contributed by atoms with Gasteiger partial charge in [-0.05, 0) is 46.0 Å². The van der Waals surface area contributed by atoms with Crippen LogP contribution >= 0.6 is 0 Å². The van der Waals surface area contributed by atoms with Crippen LogP contribution in [0, 0.1) is 11.3 Å². The molecule has 2 rings (SSSR count). The lowest BCUT2D eigenvalue weighted by Gasteiger charge is -2.22. The number of ether oxygens (including phenoxy) is 1. The van der Waals surface area contributed by atoms with Crippen LogP contribution in [-0.2, 0) is 9.53 Å². The Labute approximate surface area is 101 Å². The normalized spacial score (nSPS) is 35.0. The molecule has 2 aliphatic rings. The van der Waals surface area contributed by atoms with E-state index >= 15 is 0 Å². The Hall–Kier alpha value is -1.26. The Kier molecular flexibility index (Phi) is 2.60. The molecule has 0 aromatic heterocycles. The number of hydrogen-bond acceptors (Lipinski definition) is 3. The van der Waals surface area contributed by atoms with Crippen LogP contribution in [0.15, 0.2) is 0 Å². The molecule has 0 aliphatic heterocycles. The summed E-state index contributed by atoms with van der Waals surface area (Å²) in [5, 5.41) is 11.9. The van der Waals surface area contributed by atoms with E-state index in [1.807, 2.05) is 0 Å². The van der Waals surface area contributed by atoms with Crippen molar-refractivity contribution in [2.24, 2.45) is 11.3 Å². The van der Waals surface area contributed by atoms with Gasteiger partial charge in [-0.25, -0.2) is 4.79 Å². The molecule has 0 radical (unpaired) electrons. The largest absolute Gasteiger partial charge is 0.481 e.